The van der Waals surface area contributed by atoms with Crippen molar-refractivity contribution in [3.05, 3.63) is 35.9 Å². The van der Waals surface area contributed by atoms with Gasteiger partial charge in [-0.15, -0.1) is 23.5 Å². The van der Waals surface area contributed by atoms with Crippen molar-refractivity contribution in [1.29, 1.82) is 0 Å². The van der Waals surface area contributed by atoms with Gasteiger partial charge in [-0.2, -0.15) is 0 Å². The Bertz CT molecular complexity index is 403. The number of rotatable bonds is 3. The zero-order chi connectivity index (χ0) is 13.8. The SMILES string of the molecule is C[C@H]1CCCN(Cc2ccccc2)[C@@H]1C1SCCCS1. The molecule has 0 amide bonds. The van der Waals surface area contributed by atoms with Crippen molar-refractivity contribution in [3.8, 4) is 0 Å². The van der Waals surface area contributed by atoms with Gasteiger partial charge in [-0.05, 0) is 48.8 Å². The normalized spacial score (nSPS) is 29.4. The number of nitrogens with zero attached hydrogens (tertiary/aromatic N) is 1. The molecule has 20 heavy (non-hydrogen) atoms. The molecule has 2 fully saturated rings. The maximum Gasteiger partial charge on any atom is 0.0660 e. The summed E-state index contributed by atoms with van der Waals surface area (Å²) < 4.78 is 0.794. The van der Waals surface area contributed by atoms with Crippen LogP contribution in [0.2, 0.25) is 0 Å². The Hall–Kier alpha value is -0.120. The van der Waals surface area contributed by atoms with Crippen LogP contribution < -0.4 is 0 Å². The van der Waals surface area contributed by atoms with Crippen LogP contribution in [0.3, 0.4) is 0 Å². The second-order valence-corrected chi connectivity index (χ2v) is 8.83. The van der Waals surface area contributed by atoms with Crippen LogP contribution in [0.1, 0.15) is 31.7 Å². The average Bonchev–Trinajstić information content (AvgIpc) is 2.49. The fraction of sp³-hybridized carbons (Fsp3) is 0.647. The lowest BCUT2D eigenvalue weighted by molar-refractivity contribution is 0.104. The lowest BCUT2D eigenvalue weighted by Gasteiger charge is -2.44. The van der Waals surface area contributed by atoms with Crippen molar-refractivity contribution < 1.29 is 0 Å². The van der Waals surface area contributed by atoms with E-state index in [2.05, 4.69) is 65.7 Å². The van der Waals surface area contributed by atoms with E-state index in [0.717, 1.165) is 23.1 Å². The number of benzene rings is 1. The quantitative estimate of drug-likeness (QED) is 0.810. The van der Waals surface area contributed by atoms with E-state index in [1.54, 1.807) is 0 Å². The van der Waals surface area contributed by atoms with Gasteiger partial charge in [-0.3, -0.25) is 4.90 Å². The first-order valence-electron chi connectivity index (χ1n) is 7.86. The Morgan fingerprint density at radius 2 is 1.85 bits per heavy atom. The van der Waals surface area contributed by atoms with Crippen LogP contribution in [-0.4, -0.2) is 33.6 Å². The highest BCUT2D eigenvalue weighted by atomic mass is 32.2. The molecule has 0 unspecified atom stereocenters. The predicted octanol–water partition coefficient (Wildman–Crippen LogP) is 4.48. The zero-order valence-corrected chi connectivity index (χ0v) is 14.0. The van der Waals surface area contributed by atoms with Crippen LogP contribution in [0.5, 0.6) is 0 Å². The molecule has 1 aromatic rings. The number of thioether (sulfide) groups is 2. The van der Waals surface area contributed by atoms with E-state index in [0.29, 0.717) is 0 Å². The summed E-state index contributed by atoms with van der Waals surface area (Å²) in [5, 5.41) is 0. The van der Waals surface area contributed by atoms with Gasteiger partial charge in [-0.25, -0.2) is 0 Å². The highest BCUT2D eigenvalue weighted by Gasteiger charge is 2.36. The molecule has 0 spiro atoms. The molecule has 2 aliphatic rings. The Balaban J connectivity index is 1.72. The molecule has 110 valence electrons. The molecule has 0 aromatic heterocycles. The summed E-state index contributed by atoms with van der Waals surface area (Å²) in [5.74, 6) is 3.57. The van der Waals surface area contributed by atoms with Crippen molar-refractivity contribution in [2.75, 3.05) is 18.1 Å². The van der Waals surface area contributed by atoms with Gasteiger partial charge in [0.05, 0.1) is 4.58 Å². The van der Waals surface area contributed by atoms with Crippen LogP contribution in [-0.2, 0) is 6.54 Å². The van der Waals surface area contributed by atoms with Crippen molar-refractivity contribution in [2.45, 2.75) is 43.4 Å². The third-order valence-corrected chi connectivity index (χ3v) is 7.55. The van der Waals surface area contributed by atoms with E-state index < -0.39 is 0 Å². The van der Waals surface area contributed by atoms with E-state index in [-0.39, 0.29) is 0 Å². The summed E-state index contributed by atoms with van der Waals surface area (Å²) in [5.41, 5.74) is 1.47. The summed E-state index contributed by atoms with van der Waals surface area (Å²) >= 11 is 4.42. The third kappa shape index (κ3) is 3.55. The Morgan fingerprint density at radius 3 is 2.60 bits per heavy atom. The summed E-state index contributed by atoms with van der Waals surface area (Å²) in [7, 11) is 0. The predicted molar refractivity (Wildman–Crippen MR) is 92.4 cm³/mol. The second-order valence-electron chi connectivity index (χ2n) is 6.03. The number of likely N-dealkylation sites (tertiary alicyclic amines) is 1. The maximum atomic E-state index is 2.76. The molecule has 2 heterocycles. The standard InChI is InChI=1S/C17H25NS2/c1-14-7-5-10-18(13-15-8-3-2-4-9-15)16(14)17-19-11-6-12-20-17/h2-4,8-9,14,16-17H,5-7,10-13H2,1H3/t14-,16-/m0/s1. The molecule has 2 saturated heterocycles. The molecule has 3 rings (SSSR count). The summed E-state index contributed by atoms with van der Waals surface area (Å²) in [6.07, 6.45) is 4.17. The fourth-order valence-electron chi connectivity index (χ4n) is 3.44. The van der Waals surface area contributed by atoms with E-state index >= 15 is 0 Å². The monoisotopic (exact) mass is 307 g/mol. The first-order valence-corrected chi connectivity index (χ1v) is 9.95. The van der Waals surface area contributed by atoms with E-state index in [1.807, 2.05) is 0 Å². The number of hydrogen-bond acceptors (Lipinski definition) is 3. The summed E-state index contributed by atoms with van der Waals surface area (Å²) in [6.45, 7) is 4.88. The van der Waals surface area contributed by atoms with Gasteiger partial charge in [0.15, 0.2) is 0 Å². The summed E-state index contributed by atoms with van der Waals surface area (Å²) in [6, 6.07) is 11.8. The van der Waals surface area contributed by atoms with Crippen molar-refractivity contribution in [1.82, 2.24) is 4.90 Å². The van der Waals surface area contributed by atoms with E-state index in [1.165, 1.54) is 42.9 Å². The van der Waals surface area contributed by atoms with Gasteiger partial charge in [0.25, 0.3) is 0 Å². The minimum atomic E-state index is 0.763. The molecule has 0 N–H and O–H groups in total. The smallest absolute Gasteiger partial charge is 0.0660 e. The number of hydrogen-bond donors (Lipinski definition) is 0. The topological polar surface area (TPSA) is 3.24 Å². The van der Waals surface area contributed by atoms with Gasteiger partial charge >= 0.3 is 0 Å². The van der Waals surface area contributed by atoms with Gasteiger partial charge in [0.1, 0.15) is 0 Å². The first kappa shape index (κ1) is 14.8. The molecule has 2 aliphatic heterocycles. The molecule has 3 heteroatoms. The lowest BCUT2D eigenvalue weighted by Crippen LogP contribution is -2.49. The van der Waals surface area contributed by atoms with Crippen LogP contribution in [0, 0.1) is 5.92 Å². The van der Waals surface area contributed by atoms with Crippen LogP contribution >= 0.6 is 23.5 Å². The highest BCUT2D eigenvalue weighted by molar-refractivity contribution is 8.17. The third-order valence-electron chi connectivity index (χ3n) is 4.47. The largest absolute Gasteiger partial charge is 0.294 e. The minimum Gasteiger partial charge on any atom is -0.294 e. The van der Waals surface area contributed by atoms with Crippen LogP contribution in [0.15, 0.2) is 30.3 Å². The van der Waals surface area contributed by atoms with Gasteiger partial charge in [-0.1, -0.05) is 37.3 Å². The Morgan fingerprint density at radius 1 is 1.10 bits per heavy atom. The highest BCUT2D eigenvalue weighted by Crippen LogP contribution is 2.40. The molecule has 2 atom stereocenters. The van der Waals surface area contributed by atoms with Crippen LogP contribution in [0.25, 0.3) is 0 Å². The molecular formula is C17H25NS2. The van der Waals surface area contributed by atoms with Gasteiger partial charge in [0.2, 0.25) is 0 Å². The first-order chi connectivity index (χ1) is 9.84. The van der Waals surface area contributed by atoms with Gasteiger partial charge in [0, 0.05) is 12.6 Å². The van der Waals surface area contributed by atoms with Gasteiger partial charge < -0.3 is 0 Å². The van der Waals surface area contributed by atoms with E-state index in [4.69, 9.17) is 0 Å². The van der Waals surface area contributed by atoms with E-state index in [9.17, 15) is 0 Å². The van der Waals surface area contributed by atoms with Crippen LogP contribution in [0.4, 0.5) is 0 Å². The Labute approximate surface area is 131 Å². The Kier molecular flexibility index (Phi) is 5.36. The average molecular weight is 308 g/mol. The van der Waals surface area contributed by atoms with Crippen molar-refractivity contribution >= 4 is 23.5 Å². The molecule has 0 aliphatic carbocycles. The molecule has 1 aromatic carbocycles. The minimum absolute atomic E-state index is 0.763. The molecule has 0 radical (unpaired) electrons. The molecule has 0 bridgehead atoms. The molecular weight excluding hydrogens is 282 g/mol. The second kappa shape index (κ2) is 7.24. The number of piperidine rings is 1. The van der Waals surface area contributed by atoms with Crippen molar-refractivity contribution in [3.63, 3.8) is 0 Å². The lowest BCUT2D eigenvalue weighted by atomic mass is 9.91. The zero-order valence-electron chi connectivity index (χ0n) is 12.3. The summed E-state index contributed by atoms with van der Waals surface area (Å²) in [4.78, 5) is 2.76. The fourth-order valence-corrected chi connectivity index (χ4v) is 6.95. The molecule has 0 saturated carbocycles. The van der Waals surface area contributed by atoms with Crippen molar-refractivity contribution in [2.24, 2.45) is 5.92 Å². The molecule has 1 nitrogen and oxygen atoms in total. The maximum absolute atomic E-state index is 2.76.